The molecular formula is C12H22Na5O23S4Sb+4. The molecule has 33 heteroatoms. The van der Waals surface area contributed by atoms with E-state index in [-0.39, 0.29) is 223 Å². The van der Waals surface area contributed by atoms with Gasteiger partial charge in [0.1, 0.15) is 50.3 Å². The van der Waals surface area contributed by atoms with Crippen LogP contribution < -0.4 is 148 Å². The molecule has 0 saturated heterocycles. The second-order valence-electron chi connectivity index (χ2n) is 5.39. The Bertz CT molecular complexity index is 1400. The van der Waals surface area contributed by atoms with Crippen molar-refractivity contribution in [2.24, 2.45) is 0 Å². The van der Waals surface area contributed by atoms with Crippen LogP contribution in [0.25, 0.3) is 0 Å². The molecule has 0 atom stereocenters. The van der Waals surface area contributed by atoms with Crippen LogP contribution in [0.5, 0.6) is 23.0 Å². The van der Waals surface area contributed by atoms with E-state index in [2.05, 4.69) is 0 Å². The van der Waals surface area contributed by atoms with Gasteiger partial charge in [-0.2, -0.15) is 0 Å². The first-order valence-corrected chi connectivity index (χ1v) is 12.7. The number of benzene rings is 2. The molecule has 0 aliphatic heterocycles. The molecule has 0 bridgehead atoms. The molecule has 0 amide bonds. The van der Waals surface area contributed by atoms with E-state index in [1.54, 1.807) is 0 Å². The maximum absolute atomic E-state index is 10.6. The van der Waals surface area contributed by atoms with Crippen LogP contribution in [0.1, 0.15) is 0 Å². The standard InChI is InChI=1S/2C6H6O8S2.5Na.7H2O.Sb/c2*7-4-1-3(15(9,10)11)2-5(6(4)8)16(12,13)14;;;;;;;;;;;;;/h2*1-2,7-8H,(H,9,10,11)(H,12,13,14);;;;;;7*1H2;/q;;5*+1;;;;;;;;+3/p-4. The molecule has 2 aromatic carbocycles. The van der Waals surface area contributed by atoms with Crippen LogP contribution in [0.2, 0.25) is 0 Å². The minimum atomic E-state index is -5.20. The largest absolute Gasteiger partial charge is 3.00 e. The molecule has 2 radical (unpaired) electrons. The normalized spacial score (nSPS) is 8.98. The van der Waals surface area contributed by atoms with Crippen LogP contribution in [-0.4, -0.2) is 135 Å². The van der Waals surface area contributed by atoms with Crippen LogP contribution in [0.15, 0.2) is 43.8 Å². The van der Waals surface area contributed by atoms with Crippen LogP contribution in [0, 0.1) is 0 Å². The first-order valence-electron chi connectivity index (χ1n) is 7.02. The van der Waals surface area contributed by atoms with Crippen molar-refractivity contribution in [2.75, 3.05) is 0 Å². The summed E-state index contributed by atoms with van der Waals surface area (Å²) in [5.41, 5.74) is 0. The van der Waals surface area contributed by atoms with E-state index in [4.69, 9.17) is 20.4 Å². The van der Waals surface area contributed by atoms with E-state index < -0.39 is 83.1 Å². The van der Waals surface area contributed by atoms with Crippen molar-refractivity contribution >= 4 is 64.9 Å². The number of phenolic OH excluding ortho intramolecular Hbond substituents is 4. The molecule has 0 fully saturated rings. The number of phenols is 4. The molecule has 0 aliphatic carbocycles. The second kappa shape index (κ2) is 32.7. The maximum atomic E-state index is 10.6. The van der Waals surface area contributed by atoms with Crippen molar-refractivity contribution in [3.05, 3.63) is 24.3 Å². The van der Waals surface area contributed by atoms with Crippen molar-refractivity contribution in [3.63, 3.8) is 0 Å². The average Bonchev–Trinajstić information content (AvgIpc) is 2.56. The second-order valence-corrected chi connectivity index (χ2v) is 10.9. The van der Waals surface area contributed by atoms with Crippen molar-refractivity contribution in [1.29, 1.82) is 0 Å². The Balaban J connectivity index is -0.0000000321. The topological polar surface area (TPSA) is 530 Å². The van der Waals surface area contributed by atoms with Gasteiger partial charge in [-0.1, -0.05) is 0 Å². The van der Waals surface area contributed by atoms with E-state index in [1.165, 1.54) is 0 Å². The van der Waals surface area contributed by atoms with Crippen LogP contribution in [-0.2, 0) is 40.5 Å². The fourth-order valence-corrected chi connectivity index (χ4v) is 4.22. The van der Waals surface area contributed by atoms with Crippen molar-refractivity contribution in [1.82, 2.24) is 0 Å². The minimum Gasteiger partial charge on any atom is -0.744 e. The van der Waals surface area contributed by atoms with Gasteiger partial charge in [-0.05, 0) is 12.1 Å². The summed E-state index contributed by atoms with van der Waals surface area (Å²) in [5, 5.41) is 35.9. The number of rotatable bonds is 4. The molecule has 23 nitrogen and oxygen atoms in total. The SMILES string of the molecule is O.O.O.O.O.O.O.O=S(=O)([O-])c1cc(O)c(O)c(S(=O)(=O)[O-])c1.O=S(=O)([O-])c1cc(O)c(O)c(S(=O)(=O)[O-])c1.[Na+].[Na+].[Na+].[Na+].[Na+].[Sb+3]. The zero-order chi connectivity index (χ0) is 25.4. The fourth-order valence-electron chi connectivity index (χ4n) is 1.81. The van der Waals surface area contributed by atoms with Crippen LogP contribution in [0.4, 0.5) is 0 Å². The monoisotopic (exact) mass is 898 g/mol. The smallest absolute Gasteiger partial charge is 0.744 e. The molecule has 18 N–H and O–H groups in total. The van der Waals surface area contributed by atoms with E-state index >= 15 is 0 Å². The predicted octanol–water partition coefficient (Wildman–Crippen LogP) is -23.3. The van der Waals surface area contributed by atoms with Gasteiger partial charge in [0, 0.05) is 12.1 Å². The molecular weight excluding hydrogens is 877 g/mol. The molecule has 0 unspecified atom stereocenters. The van der Waals surface area contributed by atoms with E-state index in [9.17, 15) is 51.9 Å². The zero-order valence-electron chi connectivity index (χ0n) is 23.6. The molecule has 0 aromatic heterocycles. The van der Waals surface area contributed by atoms with E-state index in [0.29, 0.717) is 12.1 Å². The Morgan fingerprint density at radius 3 is 0.711 bits per heavy atom. The first-order chi connectivity index (χ1) is 14.1. The molecule has 2 rings (SSSR count). The Kier molecular flexibility index (Phi) is 62.8. The third-order valence-corrected chi connectivity index (χ3v) is 6.50. The zero-order valence-corrected chi connectivity index (χ0v) is 39.4. The molecule has 2 aromatic rings. The molecule has 45 heavy (non-hydrogen) atoms. The summed E-state index contributed by atoms with van der Waals surface area (Å²) in [6.07, 6.45) is 0. The van der Waals surface area contributed by atoms with Gasteiger partial charge < -0.3 is 77.0 Å². The van der Waals surface area contributed by atoms with Gasteiger partial charge in [-0.25, -0.2) is 33.7 Å². The fraction of sp³-hybridized carbons (Fsp3) is 0. The summed E-state index contributed by atoms with van der Waals surface area (Å²) >= 11 is 0. The summed E-state index contributed by atoms with van der Waals surface area (Å²) < 4.78 is 127. The summed E-state index contributed by atoms with van der Waals surface area (Å²) in [7, 11) is -20.5. The maximum Gasteiger partial charge on any atom is 3.00 e. The quantitative estimate of drug-likeness (QED) is 0.126. The van der Waals surface area contributed by atoms with Crippen molar-refractivity contribution in [3.8, 4) is 23.0 Å². The van der Waals surface area contributed by atoms with Crippen LogP contribution >= 0.6 is 0 Å². The molecule has 238 valence electrons. The Morgan fingerprint density at radius 1 is 0.400 bits per heavy atom. The third-order valence-electron chi connectivity index (χ3n) is 3.17. The van der Waals surface area contributed by atoms with Gasteiger partial charge in [0.05, 0.1) is 9.79 Å². The van der Waals surface area contributed by atoms with Gasteiger partial charge >= 0.3 is 172 Å². The van der Waals surface area contributed by atoms with Gasteiger partial charge in [-0.15, -0.1) is 0 Å². The third kappa shape index (κ3) is 27.2. The van der Waals surface area contributed by atoms with E-state index in [1.807, 2.05) is 0 Å². The van der Waals surface area contributed by atoms with Gasteiger partial charge in [-0.3, -0.25) is 0 Å². The summed E-state index contributed by atoms with van der Waals surface area (Å²) in [4.78, 5) is -5.00. The summed E-state index contributed by atoms with van der Waals surface area (Å²) in [6, 6.07) is 1.04. The molecule has 0 aliphatic rings. The van der Waals surface area contributed by atoms with E-state index in [0.717, 1.165) is 0 Å². The summed E-state index contributed by atoms with van der Waals surface area (Å²) in [6.45, 7) is 0. The molecule has 0 heterocycles. The molecule has 0 spiro atoms. The van der Waals surface area contributed by atoms with Gasteiger partial charge in [0.15, 0.2) is 23.0 Å². The van der Waals surface area contributed by atoms with Gasteiger partial charge in [0.25, 0.3) is 0 Å². The number of hydrogen-bond acceptors (Lipinski definition) is 16. The Labute approximate surface area is 383 Å². The van der Waals surface area contributed by atoms with Crippen LogP contribution in [0.3, 0.4) is 0 Å². The number of aromatic hydroxyl groups is 4. The minimum absolute atomic E-state index is 0. The Hall–Kier alpha value is 2.82. The molecule has 0 saturated carbocycles. The number of hydrogen-bond donors (Lipinski definition) is 4. The Morgan fingerprint density at radius 2 is 0.578 bits per heavy atom. The summed E-state index contributed by atoms with van der Waals surface area (Å²) in [5.74, 6) is -4.98. The first kappa shape index (κ1) is 86.5. The predicted molar refractivity (Wildman–Crippen MR) is 122 cm³/mol. The van der Waals surface area contributed by atoms with Gasteiger partial charge in [0.2, 0.25) is 0 Å². The average molecular weight is 899 g/mol. The van der Waals surface area contributed by atoms with Crippen molar-refractivity contribution in [2.45, 2.75) is 19.6 Å². The van der Waals surface area contributed by atoms with Crippen molar-refractivity contribution < 1.29 is 258 Å².